The van der Waals surface area contributed by atoms with Crippen LogP contribution in [0.4, 0.5) is 0 Å². The standard InChI is InChI=1S/C16H27N3/c1-4-5-18-6-8-19(9-7-18)13-15-10-16(14(2)3)12-17-11-15/h10-12,14H,4-9,13H2,1-3H3. The van der Waals surface area contributed by atoms with Crippen molar-refractivity contribution < 1.29 is 0 Å². The average molecular weight is 261 g/mol. The van der Waals surface area contributed by atoms with E-state index in [4.69, 9.17) is 0 Å². The third kappa shape index (κ3) is 4.29. The van der Waals surface area contributed by atoms with Crippen molar-refractivity contribution in [2.24, 2.45) is 0 Å². The largest absolute Gasteiger partial charge is 0.301 e. The van der Waals surface area contributed by atoms with Crippen LogP contribution in [0.2, 0.25) is 0 Å². The van der Waals surface area contributed by atoms with Crippen LogP contribution in [0.3, 0.4) is 0 Å². The molecule has 1 fully saturated rings. The number of hydrogen-bond acceptors (Lipinski definition) is 3. The van der Waals surface area contributed by atoms with Crippen LogP contribution in [0.25, 0.3) is 0 Å². The Kier molecular flexibility index (Phi) is 5.34. The first-order valence-corrected chi connectivity index (χ1v) is 7.57. The second-order valence-electron chi connectivity index (χ2n) is 5.90. The number of pyridine rings is 1. The van der Waals surface area contributed by atoms with Gasteiger partial charge in [-0.3, -0.25) is 9.88 Å². The van der Waals surface area contributed by atoms with Crippen molar-refractivity contribution in [2.45, 2.75) is 39.7 Å². The Morgan fingerprint density at radius 1 is 1.11 bits per heavy atom. The zero-order valence-electron chi connectivity index (χ0n) is 12.6. The molecule has 1 aliphatic heterocycles. The van der Waals surface area contributed by atoms with E-state index in [1.54, 1.807) is 0 Å². The first-order chi connectivity index (χ1) is 9.19. The molecule has 1 saturated heterocycles. The summed E-state index contributed by atoms with van der Waals surface area (Å²) in [5.74, 6) is 0.564. The van der Waals surface area contributed by atoms with E-state index >= 15 is 0 Å². The van der Waals surface area contributed by atoms with Crippen LogP contribution >= 0.6 is 0 Å². The van der Waals surface area contributed by atoms with Crippen molar-refractivity contribution in [3.63, 3.8) is 0 Å². The van der Waals surface area contributed by atoms with Gasteiger partial charge in [-0.05, 0) is 30.0 Å². The van der Waals surface area contributed by atoms with Crippen LogP contribution < -0.4 is 0 Å². The minimum atomic E-state index is 0.564. The van der Waals surface area contributed by atoms with E-state index in [0.717, 1.165) is 6.54 Å². The summed E-state index contributed by atoms with van der Waals surface area (Å²) in [5.41, 5.74) is 2.71. The van der Waals surface area contributed by atoms with Crippen molar-refractivity contribution in [3.8, 4) is 0 Å². The molecule has 0 atom stereocenters. The van der Waals surface area contributed by atoms with E-state index in [0.29, 0.717) is 5.92 Å². The van der Waals surface area contributed by atoms with Crippen LogP contribution in [0.15, 0.2) is 18.5 Å². The molecule has 106 valence electrons. The van der Waals surface area contributed by atoms with Gasteiger partial charge in [-0.15, -0.1) is 0 Å². The van der Waals surface area contributed by atoms with E-state index in [1.165, 1.54) is 50.3 Å². The number of aromatic nitrogens is 1. The Hall–Kier alpha value is -0.930. The first-order valence-electron chi connectivity index (χ1n) is 7.57. The van der Waals surface area contributed by atoms with Crippen LogP contribution in [0.1, 0.15) is 44.2 Å². The van der Waals surface area contributed by atoms with Gasteiger partial charge in [0.15, 0.2) is 0 Å². The lowest BCUT2D eigenvalue weighted by atomic mass is 10.0. The Labute approximate surface area is 117 Å². The second-order valence-corrected chi connectivity index (χ2v) is 5.90. The molecule has 1 aromatic rings. The topological polar surface area (TPSA) is 19.4 Å². The summed E-state index contributed by atoms with van der Waals surface area (Å²) in [6, 6.07) is 2.32. The molecule has 0 radical (unpaired) electrons. The number of hydrogen-bond donors (Lipinski definition) is 0. The molecule has 0 amide bonds. The van der Waals surface area contributed by atoms with Gasteiger partial charge in [-0.25, -0.2) is 0 Å². The smallest absolute Gasteiger partial charge is 0.0313 e. The predicted molar refractivity (Wildman–Crippen MR) is 80.3 cm³/mol. The molecule has 0 N–H and O–H groups in total. The molecule has 3 heteroatoms. The second kappa shape index (κ2) is 7.01. The highest BCUT2D eigenvalue weighted by Crippen LogP contribution is 2.15. The minimum absolute atomic E-state index is 0.564. The lowest BCUT2D eigenvalue weighted by molar-refractivity contribution is 0.127. The number of nitrogens with zero attached hydrogens (tertiary/aromatic N) is 3. The van der Waals surface area contributed by atoms with Crippen molar-refractivity contribution >= 4 is 0 Å². The van der Waals surface area contributed by atoms with Crippen LogP contribution in [-0.2, 0) is 6.54 Å². The zero-order chi connectivity index (χ0) is 13.7. The van der Waals surface area contributed by atoms with Gasteiger partial charge in [0.25, 0.3) is 0 Å². The molecule has 0 spiro atoms. The fourth-order valence-electron chi connectivity index (χ4n) is 2.66. The van der Waals surface area contributed by atoms with Gasteiger partial charge in [0.1, 0.15) is 0 Å². The van der Waals surface area contributed by atoms with Gasteiger partial charge >= 0.3 is 0 Å². The molecule has 3 nitrogen and oxygen atoms in total. The summed E-state index contributed by atoms with van der Waals surface area (Å²) in [7, 11) is 0. The maximum absolute atomic E-state index is 4.38. The van der Waals surface area contributed by atoms with Crippen LogP contribution in [0.5, 0.6) is 0 Å². The number of piperazine rings is 1. The summed E-state index contributed by atoms with van der Waals surface area (Å²) >= 11 is 0. The van der Waals surface area contributed by atoms with Crippen LogP contribution in [0, 0.1) is 0 Å². The van der Waals surface area contributed by atoms with E-state index in [-0.39, 0.29) is 0 Å². The molecule has 0 aliphatic carbocycles. The molecular weight excluding hydrogens is 234 g/mol. The quantitative estimate of drug-likeness (QED) is 0.812. The van der Waals surface area contributed by atoms with Gasteiger partial charge in [0.05, 0.1) is 0 Å². The van der Waals surface area contributed by atoms with Gasteiger partial charge in [0.2, 0.25) is 0 Å². The van der Waals surface area contributed by atoms with Gasteiger partial charge in [-0.2, -0.15) is 0 Å². The van der Waals surface area contributed by atoms with E-state index in [1.807, 2.05) is 12.4 Å². The Balaban J connectivity index is 1.87. The molecule has 0 unspecified atom stereocenters. The molecule has 0 aromatic carbocycles. The summed E-state index contributed by atoms with van der Waals surface area (Å²) in [5, 5.41) is 0. The highest BCUT2D eigenvalue weighted by molar-refractivity contribution is 5.20. The fraction of sp³-hybridized carbons (Fsp3) is 0.688. The third-order valence-corrected chi connectivity index (χ3v) is 3.89. The molecule has 2 heterocycles. The minimum Gasteiger partial charge on any atom is -0.301 e. The van der Waals surface area contributed by atoms with Gasteiger partial charge in [0, 0.05) is 45.1 Å². The fourth-order valence-corrected chi connectivity index (χ4v) is 2.66. The van der Waals surface area contributed by atoms with Crippen molar-refractivity contribution in [1.82, 2.24) is 14.8 Å². The summed E-state index contributed by atoms with van der Waals surface area (Å²) in [6.07, 6.45) is 5.28. The molecular formula is C16H27N3. The Bertz CT molecular complexity index is 381. The average Bonchev–Trinajstić information content (AvgIpc) is 2.42. The van der Waals surface area contributed by atoms with Gasteiger partial charge < -0.3 is 4.90 Å². The molecule has 1 aliphatic rings. The van der Waals surface area contributed by atoms with E-state index < -0.39 is 0 Å². The molecule has 1 aromatic heterocycles. The van der Waals surface area contributed by atoms with Crippen molar-refractivity contribution in [1.29, 1.82) is 0 Å². The molecule has 2 rings (SSSR count). The lowest BCUT2D eigenvalue weighted by Crippen LogP contribution is -2.45. The highest BCUT2D eigenvalue weighted by Gasteiger charge is 2.16. The monoisotopic (exact) mass is 261 g/mol. The Morgan fingerprint density at radius 2 is 1.79 bits per heavy atom. The summed E-state index contributed by atoms with van der Waals surface area (Å²) < 4.78 is 0. The van der Waals surface area contributed by atoms with Crippen LogP contribution in [-0.4, -0.2) is 47.5 Å². The SMILES string of the molecule is CCCN1CCN(Cc2cncc(C(C)C)c2)CC1. The summed E-state index contributed by atoms with van der Waals surface area (Å²) in [6.45, 7) is 13.8. The van der Waals surface area contributed by atoms with Crippen molar-refractivity contribution in [2.75, 3.05) is 32.7 Å². The molecule has 19 heavy (non-hydrogen) atoms. The summed E-state index contributed by atoms with van der Waals surface area (Å²) in [4.78, 5) is 9.50. The van der Waals surface area contributed by atoms with Gasteiger partial charge in [-0.1, -0.05) is 26.8 Å². The predicted octanol–water partition coefficient (Wildman–Crippen LogP) is 2.73. The maximum Gasteiger partial charge on any atom is 0.0313 e. The lowest BCUT2D eigenvalue weighted by Gasteiger charge is -2.34. The number of rotatable bonds is 5. The first kappa shape index (κ1) is 14.5. The molecule has 0 bridgehead atoms. The normalized spacial score (nSPS) is 18.1. The Morgan fingerprint density at radius 3 is 2.42 bits per heavy atom. The maximum atomic E-state index is 4.38. The molecule has 0 saturated carbocycles. The highest BCUT2D eigenvalue weighted by atomic mass is 15.3. The van der Waals surface area contributed by atoms with Crippen molar-refractivity contribution in [3.05, 3.63) is 29.6 Å². The van der Waals surface area contributed by atoms with E-state index in [2.05, 4.69) is 41.6 Å². The zero-order valence-corrected chi connectivity index (χ0v) is 12.6. The van der Waals surface area contributed by atoms with E-state index in [9.17, 15) is 0 Å². The third-order valence-electron chi connectivity index (χ3n) is 3.89.